The molecule has 7 heteroatoms. The number of hydrogen-bond acceptors (Lipinski definition) is 2. The van der Waals surface area contributed by atoms with Crippen molar-refractivity contribution in [2.75, 3.05) is 5.73 Å². The van der Waals surface area contributed by atoms with Crippen LogP contribution in [0.15, 0.2) is 36.4 Å². The minimum absolute atomic E-state index is 0.0216. The molecule has 0 heterocycles. The quantitative estimate of drug-likeness (QED) is 0.634. The maximum absolute atomic E-state index is 13.2. The minimum Gasteiger partial charge on any atom is -0.454 e. The van der Waals surface area contributed by atoms with Gasteiger partial charge in [0.05, 0.1) is 10.6 Å². The molecule has 0 spiro atoms. The van der Waals surface area contributed by atoms with Crippen molar-refractivity contribution >= 4 is 17.3 Å². The third-order valence-electron chi connectivity index (χ3n) is 2.49. The Kier molecular flexibility index (Phi) is 3.76. The van der Waals surface area contributed by atoms with E-state index >= 15 is 0 Å². The summed E-state index contributed by atoms with van der Waals surface area (Å²) in [5.41, 5.74) is 4.31. The number of nitrogen functional groups attached to an aromatic ring is 1. The molecule has 0 aromatic heterocycles. The van der Waals surface area contributed by atoms with Gasteiger partial charge in [0.1, 0.15) is 17.3 Å². The van der Waals surface area contributed by atoms with E-state index in [1.165, 1.54) is 12.1 Å². The minimum atomic E-state index is -4.50. The van der Waals surface area contributed by atoms with Crippen LogP contribution in [0.25, 0.3) is 0 Å². The largest absolute Gasteiger partial charge is 0.454 e. The zero-order chi connectivity index (χ0) is 14.9. The van der Waals surface area contributed by atoms with E-state index in [-0.39, 0.29) is 22.2 Å². The van der Waals surface area contributed by atoms with Crippen molar-refractivity contribution < 1.29 is 22.3 Å². The van der Waals surface area contributed by atoms with Gasteiger partial charge in [-0.3, -0.25) is 0 Å². The third-order valence-corrected chi connectivity index (χ3v) is 2.79. The second kappa shape index (κ2) is 5.20. The van der Waals surface area contributed by atoms with Crippen LogP contribution in [0.4, 0.5) is 23.2 Å². The molecule has 0 bridgehead atoms. The van der Waals surface area contributed by atoms with E-state index < -0.39 is 17.6 Å². The molecule has 106 valence electrons. The molecule has 0 aliphatic carbocycles. The van der Waals surface area contributed by atoms with E-state index in [2.05, 4.69) is 0 Å². The smallest absolute Gasteiger partial charge is 0.416 e. The maximum atomic E-state index is 13.2. The molecule has 20 heavy (non-hydrogen) atoms. The SMILES string of the molecule is Nc1c(F)cccc1Oc1ccc(C(F)(F)F)cc1Cl. The number of para-hydroxylation sites is 1. The number of anilines is 1. The van der Waals surface area contributed by atoms with E-state index in [1.54, 1.807) is 0 Å². The lowest BCUT2D eigenvalue weighted by molar-refractivity contribution is -0.137. The molecular weight excluding hydrogens is 298 g/mol. The van der Waals surface area contributed by atoms with Crippen LogP contribution in [-0.4, -0.2) is 0 Å². The Balaban J connectivity index is 2.33. The first-order chi connectivity index (χ1) is 9.29. The lowest BCUT2D eigenvalue weighted by Gasteiger charge is -2.12. The zero-order valence-electron chi connectivity index (χ0n) is 9.84. The van der Waals surface area contributed by atoms with E-state index in [4.69, 9.17) is 22.1 Å². The van der Waals surface area contributed by atoms with Gasteiger partial charge in [0.25, 0.3) is 0 Å². The lowest BCUT2D eigenvalue weighted by atomic mass is 10.2. The van der Waals surface area contributed by atoms with Gasteiger partial charge in [0, 0.05) is 0 Å². The second-order valence-corrected chi connectivity index (χ2v) is 4.30. The predicted octanol–water partition coefficient (Wildman–Crippen LogP) is 4.87. The van der Waals surface area contributed by atoms with Crippen molar-refractivity contribution in [3.8, 4) is 11.5 Å². The molecule has 0 fully saturated rings. The van der Waals surface area contributed by atoms with Gasteiger partial charge >= 0.3 is 6.18 Å². The molecule has 2 aromatic rings. The molecule has 0 unspecified atom stereocenters. The van der Waals surface area contributed by atoms with E-state index in [0.717, 1.165) is 24.3 Å². The molecule has 2 rings (SSSR count). The summed E-state index contributed by atoms with van der Waals surface area (Å²) >= 11 is 5.72. The topological polar surface area (TPSA) is 35.2 Å². The summed E-state index contributed by atoms with van der Waals surface area (Å²) in [6.07, 6.45) is -4.50. The Hall–Kier alpha value is -1.95. The molecule has 0 saturated heterocycles. The van der Waals surface area contributed by atoms with Gasteiger partial charge in [-0.25, -0.2) is 4.39 Å². The Morgan fingerprint density at radius 1 is 1.05 bits per heavy atom. The molecule has 2 nitrogen and oxygen atoms in total. The standard InChI is InChI=1S/C13H8ClF4NO/c14-8-6-7(13(16,17)18)4-5-10(8)20-11-3-1-2-9(15)12(11)19/h1-6H,19H2. The van der Waals surface area contributed by atoms with Gasteiger partial charge in [-0.05, 0) is 30.3 Å². The molecule has 0 radical (unpaired) electrons. The van der Waals surface area contributed by atoms with Crippen LogP contribution in [-0.2, 0) is 6.18 Å². The fraction of sp³-hybridized carbons (Fsp3) is 0.0769. The number of alkyl halides is 3. The fourth-order valence-corrected chi connectivity index (χ4v) is 1.70. The summed E-state index contributed by atoms with van der Waals surface area (Å²) in [5.74, 6) is -0.755. The number of nitrogens with two attached hydrogens (primary N) is 1. The summed E-state index contributed by atoms with van der Waals surface area (Å²) in [5, 5.41) is -0.247. The highest BCUT2D eigenvalue weighted by atomic mass is 35.5. The van der Waals surface area contributed by atoms with Crippen LogP contribution in [0.5, 0.6) is 11.5 Å². The fourth-order valence-electron chi connectivity index (χ4n) is 1.48. The van der Waals surface area contributed by atoms with Gasteiger partial charge in [-0.2, -0.15) is 13.2 Å². The van der Waals surface area contributed by atoms with Gasteiger partial charge in [0.15, 0.2) is 5.75 Å². The zero-order valence-corrected chi connectivity index (χ0v) is 10.6. The first kappa shape index (κ1) is 14.5. The van der Waals surface area contributed by atoms with Crippen molar-refractivity contribution in [1.82, 2.24) is 0 Å². The summed E-state index contributed by atoms with van der Waals surface area (Å²) in [4.78, 5) is 0. The second-order valence-electron chi connectivity index (χ2n) is 3.90. The highest BCUT2D eigenvalue weighted by Gasteiger charge is 2.31. The molecule has 0 atom stereocenters. The van der Waals surface area contributed by atoms with Crippen molar-refractivity contribution in [3.05, 3.63) is 52.8 Å². The van der Waals surface area contributed by atoms with Crippen molar-refractivity contribution in [2.24, 2.45) is 0 Å². The van der Waals surface area contributed by atoms with Crippen molar-refractivity contribution in [2.45, 2.75) is 6.18 Å². The summed E-state index contributed by atoms with van der Waals surface area (Å²) in [6.45, 7) is 0. The first-order valence-corrected chi connectivity index (χ1v) is 5.75. The first-order valence-electron chi connectivity index (χ1n) is 5.37. The Bertz CT molecular complexity index is 643. The third kappa shape index (κ3) is 2.96. The molecule has 0 aliphatic rings. The maximum Gasteiger partial charge on any atom is 0.416 e. The van der Waals surface area contributed by atoms with Crippen LogP contribution in [0.2, 0.25) is 5.02 Å². The summed E-state index contributed by atoms with van der Waals surface area (Å²) < 4.78 is 55.9. The lowest BCUT2D eigenvalue weighted by Crippen LogP contribution is -2.04. The average molecular weight is 306 g/mol. The molecule has 2 N–H and O–H groups in total. The van der Waals surface area contributed by atoms with Crippen LogP contribution < -0.4 is 10.5 Å². The Morgan fingerprint density at radius 2 is 1.75 bits per heavy atom. The average Bonchev–Trinajstić information content (AvgIpc) is 2.36. The van der Waals surface area contributed by atoms with E-state index in [1.807, 2.05) is 0 Å². The molecule has 2 aromatic carbocycles. The number of ether oxygens (including phenoxy) is 1. The van der Waals surface area contributed by atoms with E-state index in [9.17, 15) is 17.6 Å². The van der Waals surface area contributed by atoms with Gasteiger partial charge < -0.3 is 10.5 Å². The molecule has 0 aliphatic heterocycles. The van der Waals surface area contributed by atoms with Gasteiger partial charge in [0.2, 0.25) is 0 Å². The summed E-state index contributed by atoms with van der Waals surface area (Å²) in [7, 11) is 0. The van der Waals surface area contributed by atoms with Crippen molar-refractivity contribution in [3.63, 3.8) is 0 Å². The van der Waals surface area contributed by atoms with Crippen LogP contribution in [0.1, 0.15) is 5.56 Å². The van der Waals surface area contributed by atoms with Crippen LogP contribution >= 0.6 is 11.6 Å². The van der Waals surface area contributed by atoms with E-state index in [0.29, 0.717) is 0 Å². The van der Waals surface area contributed by atoms with Gasteiger partial charge in [-0.1, -0.05) is 17.7 Å². The molecule has 0 amide bonds. The molecular formula is C13H8ClF4NO. The number of halogens is 5. The number of hydrogen-bond donors (Lipinski definition) is 1. The molecule has 0 saturated carbocycles. The Labute approximate surface area is 116 Å². The van der Waals surface area contributed by atoms with Gasteiger partial charge in [-0.15, -0.1) is 0 Å². The normalized spacial score (nSPS) is 11.4. The van der Waals surface area contributed by atoms with Crippen molar-refractivity contribution in [1.29, 1.82) is 0 Å². The summed E-state index contributed by atoms with van der Waals surface area (Å²) in [6, 6.07) is 6.47. The predicted molar refractivity (Wildman–Crippen MR) is 67.3 cm³/mol. The number of rotatable bonds is 2. The van der Waals surface area contributed by atoms with Crippen LogP contribution in [0, 0.1) is 5.82 Å². The highest BCUT2D eigenvalue weighted by molar-refractivity contribution is 6.32. The number of benzene rings is 2. The highest BCUT2D eigenvalue weighted by Crippen LogP contribution is 2.37. The van der Waals surface area contributed by atoms with Crippen LogP contribution in [0.3, 0.4) is 0 Å². The monoisotopic (exact) mass is 305 g/mol. The Morgan fingerprint density at radius 3 is 2.35 bits per heavy atom.